The number of nitrogens with one attached hydrogen (secondary N) is 1. The highest BCUT2D eigenvalue weighted by molar-refractivity contribution is 5.85. The summed E-state index contributed by atoms with van der Waals surface area (Å²) in [4.78, 5) is 10.5. The molecule has 3 heteroatoms. The van der Waals surface area contributed by atoms with E-state index in [-0.39, 0.29) is 0 Å². The summed E-state index contributed by atoms with van der Waals surface area (Å²) in [5, 5.41) is 11.9. The lowest BCUT2D eigenvalue weighted by molar-refractivity contribution is -0.132. The van der Waals surface area contributed by atoms with Gasteiger partial charge in [-0.2, -0.15) is 0 Å². The summed E-state index contributed by atoms with van der Waals surface area (Å²) in [5.41, 5.74) is 0.458. The van der Waals surface area contributed by atoms with Crippen molar-refractivity contribution in [2.75, 3.05) is 6.54 Å². The van der Waals surface area contributed by atoms with E-state index in [0.717, 1.165) is 19.4 Å². The Hall–Kier alpha value is -0.830. The molecule has 1 heterocycles. The second-order valence-corrected chi connectivity index (χ2v) is 3.61. The standard InChI is InChI=1S/C10H17NO2/c1-3-8(9-6-11-9)5-4-7(2)10(12)13/h4,8-9,11H,3,5-6H2,1-2H3,(H,12,13). The maximum Gasteiger partial charge on any atom is 0.330 e. The highest BCUT2D eigenvalue weighted by Crippen LogP contribution is 2.20. The molecule has 1 aliphatic heterocycles. The molecule has 74 valence electrons. The van der Waals surface area contributed by atoms with Crippen LogP contribution in [0, 0.1) is 5.92 Å². The SMILES string of the molecule is CCC(CC=C(C)C(=O)O)C1CN1. The van der Waals surface area contributed by atoms with Gasteiger partial charge in [-0.25, -0.2) is 4.79 Å². The fourth-order valence-corrected chi connectivity index (χ4v) is 1.43. The Morgan fingerprint density at radius 2 is 2.38 bits per heavy atom. The van der Waals surface area contributed by atoms with Gasteiger partial charge in [-0.15, -0.1) is 0 Å². The minimum Gasteiger partial charge on any atom is -0.478 e. The van der Waals surface area contributed by atoms with Crippen LogP contribution in [0.1, 0.15) is 26.7 Å². The first-order valence-electron chi connectivity index (χ1n) is 4.78. The summed E-state index contributed by atoms with van der Waals surface area (Å²) in [7, 11) is 0. The lowest BCUT2D eigenvalue weighted by atomic mass is 9.97. The van der Waals surface area contributed by atoms with Crippen molar-refractivity contribution in [1.29, 1.82) is 0 Å². The summed E-state index contributed by atoms with van der Waals surface area (Å²) in [6.07, 6.45) is 3.82. The van der Waals surface area contributed by atoms with Crippen molar-refractivity contribution < 1.29 is 9.90 Å². The summed E-state index contributed by atoms with van der Waals surface area (Å²) in [6.45, 7) is 4.89. The average molecular weight is 183 g/mol. The van der Waals surface area contributed by atoms with Gasteiger partial charge in [0.1, 0.15) is 0 Å². The Balaban J connectivity index is 2.37. The van der Waals surface area contributed by atoms with Crippen LogP contribution in [-0.4, -0.2) is 23.7 Å². The normalized spacial score (nSPS) is 24.2. The first kappa shape index (κ1) is 10.3. The number of rotatable bonds is 5. The van der Waals surface area contributed by atoms with Gasteiger partial charge in [0, 0.05) is 18.2 Å². The van der Waals surface area contributed by atoms with Gasteiger partial charge in [-0.3, -0.25) is 0 Å². The van der Waals surface area contributed by atoms with Crippen LogP contribution in [0.2, 0.25) is 0 Å². The molecule has 1 aliphatic rings. The molecular weight excluding hydrogens is 166 g/mol. The fourth-order valence-electron chi connectivity index (χ4n) is 1.43. The van der Waals surface area contributed by atoms with Crippen molar-refractivity contribution in [1.82, 2.24) is 5.32 Å². The predicted molar refractivity (Wildman–Crippen MR) is 51.6 cm³/mol. The molecule has 1 rings (SSSR count). The molecule has 0 radical (unpaired) electrons. The molecule has 1 saturated heterocycles. The van der Waals surface area contributed by atoms with Gasteiger partial charge in [0.15, 0.2) is 0 Å². The maximum atomic E-state index is 10.5. The topological polar surface area (TPSA) is 59.2 Å². The van der Waals surface area contributed by atoms with E-state index in [0.29, 0.717) is 17.5 Å². The van der Waals surface area contributed by atoms with Crippen LogP contribution in [0.5, 0.6) is 0 Å². The van der Waals surface area contributed by atoms with Gasteiger partial charge < -0.3 is 10.4 Å². The zero-order chi connectivity index (χ0) is 9.84. The molecule has 0 aromatic carbocycles. The number of hydrogen-bond acceptors (Lipinski definition) is 2. The van der Waals surface area contributed by atoms with E-state index in [9.17, 15) is 4.79 Å². The molecule has 13 heavy (non-hydrogen) atoms. The summed E-state index contributed by atoms with van der Waals surface area (Å²) in [6, 6.07) is 0.628. The monoisotopic (exact) mass is 183 g/mol. The van der Waals surface area contributed by atoms with Crippen LogP contribution >= 0.6 is 0 Å². The molecule has 1 fully saturated rings. The Bertz CT molecular complexity index is 219. The lowest BCUT2D eigenvalue weighted by Crippen LogP contribution is -2.09. The van der Waals surface area contributed by atoms with Crippen molar-refractivity contribution in [2.45, 2.75) is 32.7 Å². The summed E-state index contributed by atoms with van der Waals surface area (Å²) < 4.78 is 0. The van der Waals surface area contributed by atoms with Crippen molar-refractivity contribution in [3.63, 3.8) is 0 Å². The van der Waals surface area contributed by atoms with E-state index >= 15 is 0 Å². The average Bonchev–Trinajstić information content (AvgIpc) is 2.88. The highest BCUT2D eigenvalue weighted by atomic mass is 16.4. The molecule has 0 aromatic rings. The third kappa shape index (κ3) is 3.19. The van der Waals surface area contributed by atoms with Gasteiger partial charge in [-0.05, 0) is 19.3 Å². The number of aliphatic carboxylic acids is 1. The molecule has 0 aliphatic carbocycles. The minimum atomic E-state index is -0.807. The Morgan fingerprint density at radius 3 is 2.77 bits per heavy atom. The Kier molecular flexibility index (Phi) is 3.48. The van der Waals surface area contributed by atoms with Crippen LogP contribution in [0.3, 0.4) is 0 Å². The maximum absolute atomic E-state index is 10.5. The smallest absolute Gasteiger partial charge is 0.330 e. The van der Waals surface area contributed by atoms with Crippen LogP contribution in [0.15, 0.2) is 11.6 Å². The molecule has 2 atom stereocenters. The third-order valence-electron chi connectivity index (χ3n) is 2.60. The van der Waals surface area contributed by atoms with Gasteiger partial charge in [0.25, 0.3) is 0 Å². The lowest BCUT2D eigenvalue weighted by Gasteiger charge is -2.09. The van der Waals surface area contributed by atoms with E-state index < -0.39 is 5.97 Å². The van der Waals surface area contributed by atoms with Gasteiger partial charge in [0.05, 0.1) is 0 Å². The molecule has 0 amide bonds. The number of hydrogen-bond donors (Lipinski definition) is 2. The Labute approximate surface area is 78.8 Å². The first-order valence-corrected chi connectivity index (χ1v) is 4.78. The second kappa shape index (κ2) is 4.42. The van der Waals surface area contributed by atoms with Gasteiger partial charge >= 0.3 is 5.97 Å². The molecule has 0 bridgehead atoms. The predicted octanol–water partition coefficient (Wildman–Crippen LogP) is 1.41. The van der Waals surface area contributed by atoms with Crippen molar-refractivity contribution in [3.8, 4) is 0 Å². The molecular formula is C10H17NO2. The highest BCUT2D eigenvalue weighted by Gasteiger charge is 2.28. The van der Waals surface area contributed by atoms with Gasteiger partial charge in [-0.1, -0.05) is 19.4 Å². The van der Waals surface area contributed by atoms with Crippen molar-refractivity contribution in [2.24, 2.45) is 5.92 Å². The number of carboxylic acids is 1. The number of carbonyl (C=O) groups is 1. The van der Waals surface area contributed by atoms with E-state index in [2.05, 4.69) is 12.2 Å². The van der Waals surface area contributed by atoms with Crippen LogP contribution in [-0.2, 0) is 4.79 Å². The van der Waals surface area contributed by atoms with Crippen molar-refractivity contribution >= 4 is 5.97 Å². The van der Waals surface area contributed by atoms with E-state index in [4.69, 9.17) is 5.11 Å². The second-order valence-electron chi connectivity index (χ2n) is 3.61. The number of carboxylic acid groups (broad SMARTS) is 1. The zero-order valence-corrected chi connectivity index (χ0v) is 8.21. The summed E-state index contributed by atoms with van der Waals surface area (Å²) in [5.74, 6) is -0.201. The van der Waals surface area contributed by atoms with Crippen LogP contribution in [0.25, 0.3) is 0 Å². The third-order valence-corrected chi connectivity index (χ3v) is 2.60. The fraction of sp³-hybridized carbons (Fsp3) is 0.700. The summed E-state index contributed by atoms with van der Waals surface area (Å²) >= 11 is 0. The zero-order valence-electron chi connectivity index (χ0n) is 8.21. The molecule has 2 N–H and O–H groups in total. The largest absolute Gasteiger partial charge is 0.478 e. The van der Waals surface area contributed by atoms with Crippen LogP contribution in [0.4, 0.5) is 0 Å². The van der Waals surface area contributed by atoms with E-state index in [1.807, 2.05) is 6.08 Å². The molecule has 2 unspecified atom stereocenters. The number of allylic oxidation sites excluding steroid dienone is 1. The van der Waals surface area contributed by atoms with Crippen LogP contribution < -0.4 is 5.32 Å². The quantitative estimate of drug-likeness (QED) is 0.500. The first-order chi connectivity index (χ1) is 6.15. The van der Waals surface area contributed by atoms with E-state index in [1.54, 1.807) is 6.92 Å². The van der Waals surface area contributed by atoms with Crippen molar-refractivity contribution in [3.05, 3.63) is 11.6 Å². The molecule has 0 spiro atoms. The molecule has 3 nitrogen and oxygen atoms in total. The Morgan fingerprint density at radius 1 is 1.77 bits per heavy atom. The molecule has 0 aromatic heterocycles. The molecule has 0 saturated carbocycles. The van der Waals surface area contributed by atoms with Gasteiger partial charge in [0.2, 0.25) is 0 Å². The minimum absolute atomic E-state index is 0.458. The van der Waals surface area contributed by atoms with E-state index in [1.165, 1.54) is 0 Å².